The number of aliphatic carboxylic acids is 1. The van der Waals surface area contributed by atoms with Crippen molar-refractivity contribution in [2.45, 2.75) is 16.4 Å². The number of sulfonamides is 1. The number of carboxylic acids is 1. The van der Waals surface area contributed by atoms with Gasteiger partial charge in [-0.2, -0.15) is 0 Å². The zero-order valence-corrected chi connectivity index (χ0v) is 17.0. The average Bonchev–Trinajstić information content (AvgIpc) is 3.15. The standard InChI is InChI=1S/C18H19NO5S3/c1-12-9-15(5-6-16(12)24-11-17(20)21)27(22,23)19-14-4-2-3-13(10-14)18-25-7-8-26-18/h2-6,9-10,18-19H,7-8,11H2,1H3,(H,20,21). The predicted molar refractivity (Wildman–Crippen MR) is 109 cm³/mol. The molecule has 2 aromatic carbocycles. The molecule has 144 valence electrons. The maximum absolute atomic E-state index is 12.7. The van der Waals surface area contributed by atoms with E-state index >= 15 is 0 Å². The molecule has 0 radical (unpaired) electrons. The second kappa shape index (κ2) is 8.45. The van der Waals surface area contributed by atoms with Crippen LogP contribution in [0.3, 0.4) is 0 Å². The maximum atomic E-state index is 12.7. The van der Waals surface area contributed by atoms with Gasteiger partial charge in [0.2, 0.25) is 0 Å². The fourth-order valence-electron chi connectivity index (χ4n) is 2.60. The van der Waals surface area contributed by atoms with Crippen LogP contribution in [0.4, 0.5) is 5.69 Å². The lowest BCUT2D eigenvalue weighted by Crippen LogP contribution is -2.14. The van der Waals surface area contributed by atoms with Crippen molar-refractivity contribution in [3.05, 3.63) is 53.6 Å². The fourth-order valence-corrected chi connectivity index (χ4v) is 6.58. The SMILES string of the molecule is Cc1cc(S(=O)(=O)Nc2cccc(C3SCCS3)c2)ccc1OCC(=O)O. The summed E-state index contributed by atoms with van der Waals surface area (Å²) < 4.78 is 33.5. The summed E-state index contributed by atoms with van der Waals surface area (Å²) in [5, 5.41) is 8.68. The van der Waals surface area contributed by atoms with Crippen LogP contribution in [0.25, 0.3) is 0 Å². The summed E-state index contributed by atoms with van der Waals surface area (Å²) in [4.78, 5) is 10.7. The zero-order valence-electron chi connectivity index (χ0n) is 14.5. The first-order chi connectivity index (χ1) is 12.8. The molecule has 0 atom stereocenters. The van der Waals surface area contributed by atoms with Crippen molar-refractivity contribution in [1.82, 2.24) is 0 Å². The molecule has 9 heteroatoms. The number of thioether (sulfide) groups is 2. The van der Waals surface area contributed by atoms with Gasteiger partial charge in [-0.05, 0) is 48.4 Å². The molecule has 0 aliphatic carbocycles. The van der Waals surface area contributed by atoms with Gasteiger partial charge in [-0.15, -0.1) is 23.5 Å². The van der Waals surface area contributed by atoms with Gasteiger partial charge >= 0.3 is 5.97 Å². The summed E-state index contributed by atoms with van der Waals surface area (Å²) in [5.41, 5.74) is 2.16. The van der Waals surface area contributed by atoms with Crippen molar-refractivity contribution in [2.75, 3.05) is 22.8 Å². The average molecular weight is 426 g/mol. The van der Waals surface area contributed by atoms with E-state index < -0.39 is 22.6 Å². The van der Waals surface area contributed by atoms with E-state index in [0.29, 0.717) is 21.6 Å². The minimum absolute atomic E-state index is 0.0951. The molecule has 2 aromatic rings. The highest BCUT2D eigenvalue weighted by molar-refractivity contribution is 8.19. The molecule has 0 spiro atoms. The molecular formula is C18H19NO5S3. The van der Waals surface area contributed by atoms with Crippen LogP contribution < -0.4 is 9.46 Å². The van der Waals surface area contributed by atoms with Crippen molar-refractivity contribution in [3.8, 4) is 5.75 Å². The third kappa shape index (κ3) is 5.12. The van der Waals surface area contributed by atoms with Gasteiger partial charge in [0.25, 0.3) is 10.0 Å². The van der Waals surface area contributed by atoms with Crippen molar-refractivity contribution in [3.63, 3.8) is 0 Å². The monoisotopic (exact) mass is 425 g/mol. The highest BCUT2D eigenvalue weighted by atomic mass is 32.2. The van der Waals surface area contributed by atoms with Crippen LogP contribution in [0.2, 0.25) is 0 Å². The topological polar surface area (TPSA) is 92.7 Å². The number of carbonyl (C=O) groups is 1. The summed E-state index contributed by atoms with van der Waals surface area (Å²) in [6.45, 7) is 1.19. The number of hydrogen-bond donors (Lipinski definition) is 2. The Hall–Kier alpha value is -1.84. The Morgan fingerprint density at radius 2 is 1.96 bits per heavy atom. The Balaban J connectivity index is 1.77. The molecule has 0 amide bonds. The number of rotatable bonds is 7. The Morgan fingerprint density at radius 1 is 1.22 bits per heavy atom. The largest absolute Gasteiger partial charge is 0.482 e. The summed E-state index contributed by atoms with van der Waals surface area (Å²) in [5.74, 6) is 1.45. The van der Waals surface area contributed by atoms with Gasteiger partial charge in [0, 0.05) is 17.2 Å². The summed E-state index contributed by atoms with van der Waals surface area (Å²) in [6, 6.07) is 11.8. The highest BCUT2D eigenvalue weighted by Gasteiger charge is 2.20. The third-order valence-corrected chi connectivity index (χ3v) is 8.32. The van der Waals surface area contributed by atoms with Crippen molar-refractivity contribution < 1.29 is 23.1 Å². The smallest absolute Gasteiger partial charge is 0.341 e. The number of aryl methyl sites for hydroxylation is 1. The number of carboxylic acid groups (broad SMARTS) is 1. The molecule has 1 aliphatic rings. The van der Waals surface area contributed by atoms with E-state index in [4.69, 9.17) is 9.84 Å². The molecule has 0 unspecified atom stereocenters. The van der Waals surface area contributed by atoms with Crippen LogP contribution >= 0.6 is 23.5 Å². The van der Waals surface area contributed by atoms with E-state index in [1.54, 1.807) is 13.0 Å². The van der Waals surface area contributed by atoms with Gasteiger partial charge in [0.15, 0.2) is 6.61 Å². The van der Waals surface area contributed by atoms with E-state index in [1.165, 1.54) is 18.2 Å². The van der Waals surface area contributed by atoms with Gasteiger partial charge in [-0.3, -0.25) is 4.72 Å². The van der Waals surface area contributed by atoms with Crippen LogP contribution in [0.15, 0.2) is 47.4 Å². The van der Waals surface area contributed by atoms with Crippen molar-refractivity contribution in [2.24, 2.45) is 0 Å². The molecule has 3 rings (SSSR count). The molecular weight excluding hydrogens is 406 g/mol. The van der Waals surface area contributed by atoms with Gasteiger partial charge in [-0.1, -0.05) is 12.1 Å². The molecule has 0 saturated carbocycles. The lowest BCUT2D eigenvalue weighted by Gasteiger charge is -2.13. The van der Waals surface area contributed by atoms with Crippen molar-refractivity contribution in [1.29, 1.82) is 0 Å². The first kappa shape index (κ1) is 19.9. The Bertz CT molecular complexity index is 940. The van der Waals surface area contributed by atoms with Crippen LogP contribution in [-0.4, -0.2) is 37.6 Å². The molecule has 2 N–H and O–H groups in total. The van der Waals surface area contributed by atoms with E-state index in [-0.39, 0.29) is 4.90 Å². The molecule has 1 aliphatic heterocycles. The van der Waals surface area contributed by atoms with Crippen LogP contribution in [-0.2, 0) is 14.8 Å². The minimum Gasteiger partial charge on any atom is -0.482 e. The number of nitrogens with one attached hydrogen (secondary N) is 1. The van der Waals surface area contributed by atoms with Gasteiger partial charge in [-0.25, -0.2) is 13.2 Å². The molecule has 0 aromatic heterocycles. The van der Waals surface area contributed by atoms with Crippen LogP contribution in [0, 0.1) is 6.92 Å². The fraction of sp³-hybridized carbons (Fsp3) is 0.278. The normalized spacial score (nSPS) is 14.9. The van der Waals surface area contributed by atoms with Crippen LogP contribution in [0.5, 0.6) is 5.75 Å². The van der Waals surface area contributed by atoms with E-state index in [2.05, 4.69) is 4.72 Å². The number of benzene rings is 2. The Morgan fingerprint density at radius 3 is 2.63 bits per heavy atom. The minimum atomic E-state index is -3.76. The van der Waals surface area contributed by atoms with Crippen molar-refractivity contribution >= 4 is 45.2 Å². The number of hydrogen-bond acceptors (Lipinski definition) is 6. The molecule has 6 nitrogen and oxygen atoms in total. The molecule has 1 saturated heterocycles. The van der Waals surface area contributed by atoms with E-state index in [1.807, 2.05) is 41.7 Å². The predicted octanol–water partition coefficient (Wildman–Crippen LogP) is 3.74. The Labute approximate surface area is 166 Å². The van der Waals surface area contributed by atoms with Crippen LogP contribution in [0.1, 0.15) is 15.7 Å². The summed E-state index contributed by atoms with van der Waals surface area (Å²) in [6.07, 6.45) is 0. The quantitative estimate of drug-likeness (QED) is 0.698. The number of anilines is 1. The first-order valence-corrected chi connectivity index (χ1v) is 11.7. The van der Waals surface area contributed by atoms with E-state index in [0.717, 1.165) is 17.1 Å². The molecule has 27 heavy (non-hydrogen) atoms. The molecule has 1 heterocycles. The zero-order chi connectivity index (χ0) is 19.4. The highest BCUT2D eigenvalue weighted by Crippen LogP contribution is 2.45. The summed E-state index contributed by atoms with van der Waals surface area (Å²) in [7, 11) is -3.76. The Kier molecular flexibility index (Phi) is 6.23. The number of ether oxygens (including phenoxy) is 1. The maximum Gasteiger partial charge on any atom is 0.341 e. The second-order valence-electron chi connectivity index (χ2n) is 5.91. The lowest BCUT2D eigenvalue weighted by atomic mass is 10.2. The third-order valence-electron chi connectivity index (χ3n) is 3.84. The first-order valence-electron chi connectivity index (χ1n) is 8.16. The summed E-state index contributed by atoms with van der Waals surface area (Å²) >= 11 is 3.72. The van der Waals surface area contributed by atoms with E-state index in [9.17, 15) is 13.2 Å². The van der Waals surface area contributed by atoms with Gasteiger partial charge in [0.1, 0.15) is 5.75 Å². The lowest BCUT2D eigenvalue weighted by molar-refractivity contribution is -0.139. The van der Waals surface area contributed by atoms with Gasteiger partial charge in [0.05, 0.1) is 9.48 Å². The second-order valence-corrected chi connectivity index (χ2v) is 10.3. The molecule has 0 bridgehead atoms. The van der Waals surface area contributed by atoms with Gasteiger partial charge < -0.3 is 9.84 Å². The molecule has 1 fully saturated rings.